The van der Waals surface area contributed by atoms with Crippen LogP contribution < -0.4 is 19.3 Å². The molecule has 0 aliphatic carbocycles. The van der Waals surface area contributed by atoms with E-state index in [0.29, 0.717) is 0 Å². The van der Waals surface area contributed by atoms with Crippen molar-refractivity contribution in [3.63, 3.8) is 0 Å². The van der Waals surface area contributed by atoms with Crippen LogP contribution in [0.5, 0.6) is 11.5 Å². The summed E-state index contributed by atoms with van der Waals surface area (Å²) in [5, 5.41) is 9.75. The molecule has 4 aliphatic heterocycles. The first kappa shape index (κ1) is 19.6. The molecule has 6 nitrogen and oxygen atoms in total. The minimum atomic E-state index is 0.915. The third kappa shape index (κ3) is 3.15. The maximum Gasteiger partial charge on any atom is 0.119 e. The average molecular weight is 431 g/mol. The van der Waals surface area contributed by atoms with Gasteiger partial charge in [-0.3, -0.25) is 0 Å². The van der Waals surface area contributed by atoms with Gasteiger partial charge in [-0.05, 0) is 61.1 Å². The van der Waals surface area contributed by atoms with Crippen LogP contribution in [0.15, 0.2) is 34.5 Å². The number of hydrogen-bond donors (Lipinski definition) is 0. The largest absolute Gasteiger partial charge is 0.497 e. The molecule has 0 saturated heterocycles. The van der Waals surface area contributed by atoms with Crippen molar-refractivity contribution in [1.29, 1.82) is 0 Å². The molecule has 166 valence electrons. The van der Waals surface area contributed by atoms with Gasteiger partial charge in [0.2, 0.25) is 0 Å². The highest BCUT2D eigenvalue weighted by Gasteiger charge is 2.30. The molecule has 0 unspecified atom stereocenters. The fourth-order valence-electron chi connectivity index (χ4n) is 5.81. The molecule has 32 heavy (non-hydrogen) atoms. The van der Waals surface area contributed by atoms with Crippen LogP contribution in [-0.4, -0.2) is 51.8 Å². The average Bonchev–Trinajstić information content (AvgIpc) is 2.84. The van der Waals surface area contributed by atoms with Crippen LogP contribution in [0.3, 0.4) is 0 Å². The minimum Gasteiger partial charge on any atom is -0.497 e. The van der Waals surface area contributed by atoms with E-state index in [1.807, 2.05) is 0 Å². The molecule has 0 saturated carbocycles. The Labute approximate surface area is 189 Å². The lowest BCUT2D eigenvalue weighted by Gasteiger charge is -2.38. The van der Waals surface area contributed by atoms with E-state index in [2.05, 4.69) is 34.1 Å². The van der Waals surface area contributed by atoms with Gasteiger partial charge in [-0.1, -0.05) is 0 Å². The highest BCUT2D eigenvalue weighted by molar-refractivity contribution is 6.11. The number of nitrogens with zero attached hydrogens (tertiary/aromatic N) is 4. The van der Waals surface area contributed by atoms with Crippen LogP contribution in [0, 0.1) is 0 Å². The Morgan fingerprint density at radius 2 is 1.09 bits per heavy atom. The molecule has 0 fully saturated rings. The molecule has 2 aromatic carbocycles. The highest BCUT2D eigenvalue weighted by Crippen LogP contribution is 2.40. The Balaban J connectivity index is 1.44. The second-order valence-corrected chi connectivity index (χ2v) is 9.14. The summed E-state index contributed by atoms with van der Waals surface area (Å²) in [5.74, 6) is 1.83. The number of ether oxygens (including phenoxy) is 2. The maximum absolute atomic E-state index is 5.61. The predicted molar refractivity (Wildman–Crippen MR) is 129 cm³/mol. The van der Waals surface area contributed by atoms with Crippen molar-refractivity contribution in [2.24, 2.45) is 10.2 Å². The van der Waals surface area contributed by atoms with E-state index in [0.717, 1.165) is 74.8 Å². The number of benzene rings is 2. The van der Waals surface area contributed by atoms with E-state index >= 15 is 0 Å². The molecule has 4 heterocycles. The summed E-state index contributed by atoms with van der Waals surface area (Å²) in [4.78, 5) is 5.02. The lowest BCUT2D eigenvalue weighted by atomic mass is 9.90. The van der Waals surface area contributed by atoms with Crippen LogP contribution in [0.1, 0.15) is 47.9 Å². The van der Waals surface area contributed by atoms with Gasteiger partial charge in [0.1, 0.15) is 11.5 Å². The third-order valence-electron chi connectivity index (χ3n) is 7.33. The molecule has 0 atom stereocenters. The maximum atomic E-state index is 5.61. The summed E-state index contributed by atoms with van der Waals surface area (Å²) in [5.41, 5.74) is 9.97. The zero-order valence-corrected chi connectivity index (χ0v) is 19.0. The van der Waals surface area contributed by atoms with Gasteiger partial charge in [0.25, 0.3) is 0 Å². The van der Waals surface area contributed by atoms with Crippen molar-refractivity contribution >= 4 is 22.8 Å². The monoisotopic (exact) mass is 430 g/mol. The van der Waals surface area contributed by atoms with E-state index in [9.17, 15) is 0 Å². The summed E-state index contributed by atoms with van der Waals surface area (Å²) in [6.07, 6.45) is 6.43. The van der Waals surface area contributed by atoms with E-state index in [-0.39, 0.29) is 0 Å². The Morgan fingerprint density at radius 3 is 1.53 bits per heavy atom. The van der Waals surface area contributed by atoms with Crippen LogP contribution in [0.25, 0.3) is 0 Å². The van der Waals surface area contributed by atoms with Crippen LogP contribution in [0.4, 0.5) is 11.4 Å². The molecule has 0 aromatic heterocycles. The summed E-state index contributed by atoms with van der Waals surface area (Å²) in [7, 11) is 3.49. The van der Waals surface area contributed by atoms with Crippen LogP contribution in [0.2, 0.25) is 0 Å². The molecule has 0 radical (unpaired) electrons. The SMILES string of the molecule is COc1cc2c3c(c1)/C(=N\N=C1\CCN4CCCc5cc(OC)cc1c54)CCN3CCC2. The third-order valence-corrected chi connectivity index (χ3v) is 7.33. The van der Waals surface area contributed by atoms with E-state index in [1.54, 1.807) is 14.2 Å². The predicted octanol–water partition coefficient (Wildman–Crippen LogP) is 4.21. The van der Waals surface area contributed by atoms with E-state index < -0.39 is 0 Å². The fraction of sp³-hybridized carbons (Fsp3) is 0.462. The van der Waals surface area contributed by atoms with Crippen LogP contribution in [-0.2, 0) is 12.8 Å². The molecule has 2 aromatic rings. The lowest BCUT2D eigenvalue weighted by molar-refractivity contribution is 0.413. The van der Waals surface area contributed by atoms with Gasteiger partial charge < -0.3 is 19.3 Å². The molecule has 6 rings (SSSR count). The number of aryl methyl sites for hydroxylation is 2. The minimum absolute atomic E-state index is 0.915. The molecule has 0 N–H and O–H groups in total. The van der Waals surface area contributed by atoms with Gasteiger partial charge in [-0.15, -0.1) is 0 Å². The Bertz CT molecular complexity index is 1050. The molecule has 0 spiro atoms. The first-order valence-corrected chi connectivity index (χ1v) is 11.8. The quantitative estimate of drug-likeness (QED) is 0.685. The first-order chi connectivity index (χ1) is 15.7. The molecule has 0 amide bonds. The standard InChI is InChI=1S/C26H30N4O2/c1-31-19-13-17-5-3-9-29-11-7-23(21(15-19)25(17)29)27-28-24-8-12-30-10-4-6-18-14-20(32-2)16-22(24)26(18)30/h13-16H,3-12H2,1-2H3/b27-23-,28-24-. The summed E-state index contributed by atoms with van der Waals surface area (Å²) in [6.45, 7) is 4.27. The van der Waals surface area contributed by atoms with Crippen molar-refractivity contribution in [2.45, 2.75) is 38.5 Å². The smallest absolute Gasteiger partial charge is 0.119 e. The number of anilines is 2. The summed E-state index contributed by atoms with van der Waals surface area (Å²) >= 11 is 0. The van der Waals surface area contributed by atoms with Crippen molar-refractivity contribution in [3.8, 4) is 11.5 Å². The number of rotatable bonds is 3. The van der Waals surface area contributed by atoms with E-state index in [4.69, 9.17) is 19.7 Å². The Hall–Kier alpha value is -3.02. The lowest BCUT2D eigenvalue weighted by Crippen LogP contribution is -2.37. The second-order valence-electron chi connectivity index (χ2n) is 9.14. The van der Waals surface area contributed by atoms with Crippen molar-refractivity contribution in [2.75, 3.05) is 50.2 Å². The number of hydrogen-bond acceptors (Lipinski definition) is 6. The first-order valence-electron chi connectivity index (χ1n) is 11.8. The summed E-state index contributed by atoms with van der Waals surface area (Å²) in [6, 6.07) is 8.67. The molecule has 0 bridgehead atoms. The molecule has 6 heteroatoms. The molecular formula is C26H30N4O2. The highest BCUT2D eigenvalue weighted by atomic mass is 16.5. The van der Waals surface area contributed by atoms with Crippen molar-refractivity contribution in [1.82, 2.24) is 0 Å². The zero-order valence-electron chi connectivity index (χ0n) is 19.0. The summed E-state index contributed by atoms with van der Waals surface area (Å²) < 4.78 is 11.2. The topological polar surface area (TPSA) is 49.7 Å². The Kier molecular flexibility index (Phi) is 4.81. The second kappa shape index (κ2) is 7.84. The van der Waals surface area contributed by atoms with E-state index in [1.165, 1.54) is 46.5 Å². The van der Waals surface area contributed by atoms with Gasteiger partial charge in [0, 0.05) is 61.5 Å². The van der Waals surface area contributed by atoms with Gasteiger partial charge in [-0.25, -0.2) is 0 Å². The molecule has 4 aliphatic rings. The van der Waals surface area contributed by atoms with Gasteiger partial charge in [-0.2, -0.15) is 10.2 Å². The van der Waals surface area contributed by atoms with Crippen molar-refractivity contribution < 1.29 is 9.47 Å². The van der Waals surface area contributed by atoms with Gasteiger partial charge >= 0.3 is 0 Å². The normalized spacial score (nSPS) is 21.4. The zero-order chi connectivity index (χ0) is 21.7. The van der Waals surface area contributed by atoms with Gasteiger partial charge in [0.15, 0.2) is 0 Å². The fourth-order valence-corrected chi connectivity index (χ4v) is 5.81. The van der Waals surface area contributed by atoms with Crippen LogP contribution >= 0.6 is 0 Å². The van der Waals surface area contributed by atoms with Crippen molar-refractivity contribution in [3.05, 3.63) is 46.5 Å². The number of methoxy groups -OCH3 is 2. The Morgan fingerprint density at radius 1 is 0.625 bits per heavy atom. The van der Waals surface area contributed by atoms with Gasteiger partial charge in [0.05, 0.1) is 25.6 Å². The molecular weight excluding hydrogens is 400 g/mol.